The van der Waals surface area contributed by atoms with Crippen molar-refractivity contribution in [3.8, 4) is 27.0 Å². The van der Waals surface area contributed by atoms with Gasteiger partial charge in [-0.3, -0.25) is 15.0 Å². The van der Waals surface area contributed by atoms with E-state index in [-0.39, 0.29) is 22.4 Å². The number of halogens is 1. The number of rotatable bonds is 8. The Morgan fingerprint density at radius 3 is 2.44 bits per heavy atom. The number of piperidine rings is 1. The van der Waals surface area contributed by atoms with Crippen LogP contribution >= 0.6 is 11.3 Å². The van der Waals surface area contributed by atoms with Gasteiger partial charge in [-0.1, -0.05) is 11.3 Å². The molecule has 2 aliphatic heterocycles. The minimum absolute atomic E-state index is 0.00874. The zero-order valence-corrected chi connectivity index (χ0v) is 24.8. The summed E-state index contributed by atoms with van der Waals surface area (Å²) in [6.07, 6.45) is 3.49. The molecule has 1 N–H and O–H groups in total. The van der Waals surface area contributed by atoms with Gasteiger partial charge < -0.3 is 19.9 Å². The lowest BCUT2D eigenvalue weighted by molar-refractivity contribution is -0.384. The van der Waals surface area contributed by atoms with E-state index in [4.69, 9.17) is 4.74 Å². The van der Waals surface area contributed by atoms with E-state index in [0.717, 1.165) is 57.7 Å². The second-order valence-corrected chi connectivity index (χ2v) is 11.6. The molecule has 43 heavy (non-hydrogen) atoms. The smallest absolute Gasteiger partial charge is 0.294 e. The fourth-order valence-electron chi connectivity index (χ4n) is 5.58. The highest BCUT2D eigenvalue weighted by molar-refractivity contribution is 7.17. The Kier molecular flexibility index (Phi) is 8.40. The molecule has 0 spiro atoms. The lowest BCUT2D eigenvalue weighted by atomic mass is 10.0. The van der Waals surface area contributed by atoms with Gasteiger partial charge in [0.15, 0.2) is 5.01 Å². The van der Waals surface area contributed by atoms with E-state index in [1.165, 1.54) is 36.6 Å². The highest BCUT2D eigenvalue weighted by atomic mass is 32.1. The zero-order valence-electron chi connectivity index (χ0n) is 23.9. The molecule has 12 nitrogen and oxygen atoms in total. The topological polar surface area (TPSA) is 126 Å². The van der Waals surface area contributed by atoms with Gasteiger partial charge in [-0.2, -0.15) is 0 Å². The fourth-order valence-corrected chi connectivity index (χ4v) is 6.40. The van der Waals surface area contributed by atoms with Crippen LogP contribution in [0.2, 0.25) is 0 Å². The molecule has 4 aromatic rings. The SMILES string of the molecule is COc1cc(N2CCC(N3CCN(C)CC3)CC2)c([N+](=O)[O-])cc1Nc1nccc(-c2nnc(-c3ccc(F)cc3)s2)n1. The number of piperazine rings is 1. The van der Waals surface area contributed by atoms with Crippen LogP contribution in [0.1, 0.15) is 12.8 Å². The van der Waals surface area contributed by atoms with E-state index >= 15 is 0 Å². The number of nitro groups is 1. The second kappa shape index (κ2) is 12.5. The second-order valence-electron chi connectivity index (χ2n) is 10.7. The number of methoxy groups -OCH3 is 1. The quantitative estimate of drug-likeness (QED) is 0.222. The molecule has 2 aliphatic rings. The van der Waals surface area contributed by atoms with Crippen molar-refractivity contribution in [3.63, 3.8) is 0 Å². The third-order valence-corrected chi connectivity index (χ3v) is 8.98. The van der Waals surface area contributed by atoms with E-state index in [2.05, 4.69) is 47.2 Å². The summed E-state index contributed by atoms with van der Waals surface area (Å²) in [5.74, 6) is 0.351. The van der Waals surface area contributed by atoms with Crippen LogP contribution in [-0.2, 0) is 0 Å². The Balaban J connectivity index is 1.20. The Bertz CT molecular complexity index is 1590. The molecule has 0 atom stereocenters. The van der Waals surface area contributed by atoms with Gasteiger partial charge in [-0.05, 0) is 50.2 Å². The average Bonchev–Trinajstić information content (AvgIpc) is 3.52. The van der Waals surface area contributed by atoms with Crippen LogP contribution in [0.15, 0.2) is 48.7 Å². The summed E-state index contributed by atoms with van der Waals surface area (Å²) in [6, 6.07) is 11.4. The van der Waals surface area contributed by atoms with E-state index < -0.39 is 0 Å². The number of nitrogens with one attached hydrogen (secondary N) is 1. The molecule has 224 valence electrons. The number of hydrogen-bond donors (Lipinski definition) is 1. The number of hydrogen-bond acceptors (Lipinski definition) is 12. The molecule has 0 amide bonds. The van der Waals surface area contributed by atoms with Gasteiger partial charge in [-0.25, -0.2) is 14.4 Å². The first kappa shape index (κ1) is 28.8. The number of anilines is 3. The van der Waals surface area contributed by atoms with Crippen LogP contribution in [-0.4, -0.2) is 94.4 Å². The maximum absolute atomic E-state index is 13.3. The molecule has 0 bridgehead atoms. The summed E-state index contributed by atoms with van der Waals surface area (Å²) < 4.78 is 19.0. The highest BCUT2D eigenvalue weighted by Crippen LogP contribution is 2.40. The molecular formula is C29H32FN9O3S. The normalized spacial score (nSPS) is 16.8. The minimum atomic E-state index is -0.359. The summed E-state index contributed by atoms with van der Waals surface area (Å²) in [6.45, 7) is 5.74. The van der Waals surface area contributed by atoms with Crippen molar-refractivity contribution in [1.82, 2.24) is 30.0 Å². The highest BCUT2D eigenvalue weighted by Gasteiger charge is 2.30. The zero-order chi connectivity index (χ0) is 29.9. The molecule has 0 radical (unpaired) electrons. The molecule has 0 aliphatic carbocycles. The van der Waals surface area contributed by atoms with Crippen LogP contribution in [0.3, 0.4) is 0 Å². The molecule has 2 saturated heterocycles. The average molecular weight is 606 g/mol. The number of likely N-dealkylation sites (N-methyl/N-ethyl adjacent to an activating group) is 1. The number of benzene rings is 2. The molecular weight excluding hydrogens is 573 g/mol. The molecule has 2 aromatic heterocycles. The third kappa shape index (κ3) is 6.40. The summed E-state index contributed by atoms with van der Waals surface area (Å²) in [5, 5.41) is 24.9. The predicted molar refractivity (Wildman–Crippen MR) is 164 cm³/mol. The first-order chi connectivity index (χ1) is 20.9. The molecule has 6 rings (SSSR count). The number of nitrogens with zero attached hydrogens (tertiary/aromatic N) is 8. The molecule has 0 unspecified atom stereocenters. The van der Waals surface area contributed by atoms with E-state index in [0.29, 0.717) is 38.9 Å². The molecule has 4 heterocycles. The molecule has 0 saturated carbocycles. The lowest BCUT2D eigenvalue weighted by Crippen LogP contribution is -2.52. The monoisotopic (exact) mass is 605 g/mol. The lowest BCUT2D eigenvalue weighted by Gasteiger charge is -2.42. The fraction of sp³-hybridized carbons (Fsp3) is 0.379. The van der Waals surface area contributed by atoms with Crippen molar-refractivity contribution in [1.29, 1.82) is 0 Å². The van der Waals surface area contributed by atoms with Crippen molar-refractivity contribution >= 4 is 34.3 Å². The summed E-state index contributed by atoms with van der Waals surface area (Å²) in [7, 11) is 3.68. The van der Waals surface area contributed by atoms with Gasteiger partial charge in [0.05, 0.1) is 17.7 Å². The summed E-state index contributed by atoms with van der Waals surface area (Å²) >= 11 is 1.31. The Hall–Kier alpha value is -4.27. The van der Waals surface area contributed by atoms with Gasteiger partial charge >= 0.3 is 0 Å². The van der Waals surface area contributed by atoms with Crippen LogP contribution in [0.5, 0.6) is 5.75 Å². The molecule has 2 fully saturated rings. The van der Waals surface area contributed by atoms with Gasteiger partial charge in [0.2, 0.25) is 5.95 Å². The molecule has 14 heteroatoms. The van der Waals surface area contributed by atoms with Crippen LogP contribution in [0.4, 0.5) is 27.4 Å². The van der Waals surface area contributed by atoms with Gasteiger partial charge in [0.25, 0.3) is 5.69 Å². The van der Waals surface area contributed by atoms with Crippen molar-refractivity contribution in [2.45, 2.75) is 18.9 Å². The van der Waals surface area contributed by atoms with E-state index in [9.17, 15) is 14.5 Å². The Morgan fingerprint density at radius 2 is 1.74 bits per heavy atom. The van der Waals surface area contributed by atoms with Gasteiger partial charge in [-0.15, -0.1) is 10.2 Å². The van der Waals surface area contributed by atoms with Crippen LogP contribution in [0.25, 0.3) is 21.3 Å². The van der Waals surface area contributed by atoms with Crippen molar-refractivity contribution < 1.29 is 14.1 Å². The van der Waals surface area contributed by atoms with Crippen LogP contribution in [0, 0.1) is 15.9 Å². The Morgan fingerprint density at radius 1 is 1.02 bits per heavy atom. The molecule has 2 aromatic carbocycles. The summed E-state index contributed by atoms with van der Waals surface area (Å²) in [5.41, 5.74) is 2.19. The predicted octanol–water partition coefficient (Wildman–Crippen LogP) is 4.68. The van der Waals surface area contributed by atoms with Crippen molar-refractivity contribution in [2.75, 3.05) is 63.6 Å². The maximum Gasteiger partial charge on any atom is 0.294 e. The first-order valence-corrected chi connectivity index (χ1v) is 14.9. The van der Waals surface area contributed by atoms with Crippen LogP contribution < -0.4 is 15.0 Å². The number of aromatic nitrogens is 4. The van der Waals surface area contributed by atoms with Gasteiger partial charge in [0, 0.05) is 69.2 Å². The summed E-state index contributed by atoms with van der Waals surface area (Å²) in [4.78, 5) is 27.7. The minimum Gasteiger partial charge on any atom is -0.494 e. The maximum atomic E-state index is 13.3. The standard InChI is InChI=1S/C29H32FN9O3S/c1-36-13-15-37(16-14-36)21-8-11-38(12-9-21)24-18-26(42-2)23(17-25(24)39(40)41)33-29-31-10-7-22(32-29)28-35-34-27(43-28)19-3-5-20(30)6-4-19/h3-7,10,17-18,21H,8-9,11-16H2,1-2H3,(H,31,32,33). The van der Waals surface area contributed by atoms with Gasteiger partial charge in [0.1, 0.15) is 28.0 Å². The first-order valence-electron chi connectivity index (χ1n) is 14.1. The number of ether oxygens (including phenoxy) is 1. The van der Waals surface area contributed by atoms with Crippen molar-refractivity contribution in [3.05, 3.63) is 64.6 Å². The largest absolute Gasteiger partial charge is 0.494 e. The van der Waals surface area contributed by atoms with Crippen molar-refractivity contribution in [2.24, 2.45) is 0 Å². The van der Waals surface area contributed by atoms with E-state index in [1.807, 2.05) is 0 Å². The number of nitro benzene ring substituents is 1. The van der Waals surface area contributed by atoms with E-state index in [1.54, 1.807) is 30.5 Å². The third-order valence-electron chi connectivity index (χ3n) is 7.99. The Labute approximate surface area is 252 Å².